The van der Waals surface area contributed by atoms with Crippen molar-refractivity contribution in [3.05, 3.63) is 27.7 Å². The Kier molecular flexibility index (Phi) is 3.72. The summed E-state index contributed by atoms with van der Waals surface area (Å²) in [5.74, 6) is 0. The van der Waals surface area contributed by atoms with Crippen LogP contribution in [0.4, 0.5) is 5.69 Å². The molecule has 0 atom stereocenters. The predicted molar refractivity (Wildman–Crippen MR) is 59.4 cm³/mol. The van der Waals surface area contributed by atoms with Gasteiger partial charge in [-0.25, -0.2) is 0 Å². The van der Waals surface area contributed by atoms with Crippen LogP contribution in [0.1, 0.15) is 5.56 Å². The largest absolute Gasteiger partial charge is 0.285 e. The van der Waals surface area contributed by atoms with E-state index >= 15 is 0 Å². The topological polar surface area (TPSA) is 28.0 Å². The second kappa shape index (κ2) is 4.62. The summed E-state index contributed by atoms with van der Waals surface area (Å²) in [5, 5.41) is 10.6. The minimum atomic E-state index is 0.506. The number of rotatable bonds is 2. The molecule has 5 heteroatoms. The maximum atomic E-state index is 5.93. The summed E-state index contributed by atoms with van der Waals surface area (Å²) in [6.45, 7) is 1.90. The summed E-state index contributed by atoms with van der Waals surface area (Å²) in [6.07, 6.45) is 0. The first-order valence-electron chi connectivity index (χ1n) is 4.05. The van der Waals surface area contributed by atoms with Gasteiger partial charge in [-0.05, 0) is 24.6 Å². The molecular weight excluding hydrogens is 221 g/mol. The molecule has 0 aliphatic carbocycles. The molecule has 0 aliphatic rings. The van der Waals surface area contributed by atoms with Gasteiger partial charge < -0.3 is 0 Å². The highest BCUT2D eigenvalue weighted by Crippen LogP contribution is 2.30. The summed E-state index contributed by atoms with van der Waals surface area (Å²) in [5.41, 5.74) is 1.56. The quantitative estimate of drug-likeness (QED) is 0.562. The van der Waals surface area contributed by atoms with Gasteiger partial charge in [0.15, 0.2) is 0 Å². The van der Waals surface area contributed by atoms with Gasteiger partial charge in [0.1, 0.15) is 5.69 Å². The van der Waals surface area contributed by atoms with E-state index in [0.717, 1.165) is 5.56 Å². The van der Waals surface area contributed by atoms with Gasteiger partial charge in [-0.3, -0.25) is 5.01 Å². The van der Waals surface area contributed by atoms with Crippen molar-refractivity contribution in [1.82, 2.24) is 5.01 Å². The zero-order valence-electron chi connectivity index (χ0n) is 8.25. The highest BCUT2D eigenvalue weighted by Gasteiger charge is 2.03. The number of benzene rings is 1. The highest BCUT2D eigenvalue weighted by atomic mass is 35.5. The SMILES string of the molecule is Cc1cc(/N=N/N(C)C)c(Cl)cc1Cl. The standard InChI is InChI=1S/C9H11Cl2N3/c1-6-4-9(12-13-14(2)3)8(11)5-7(6)10/h4-5H,1-3H3/b13-12+. The fourth-order valence-corrected chi connectivity index (χ4v) is 1.28. The number of hydrogen-bond acceptors (Lipinski definition) is 2. The molecule has 0 fully saturated rings. The van der Waals surface area contributed by atoms with Gasteiger partial charge in [0, 0.05) is 19.1 Å². The van der Waals surface area contributed by atoms with Crippen molar-refractivity contribution in [2.24, 2.45) is 10.3 Å². The average molecular weight is 232 g/mol. The van der Waals surface area contributed by atoms with Gasteiger partial charge in [-0.2, -0.15) is 0 Å². The molecule has 0 aliphatic heterocycles. The van der Waals surface area contributed by atoms with Gasteiger partial charge in [0.05, 0.1) is 5.02 Å². The molecule has 1 aromatic carbocycles. The van der Waals surface area contributed by atoms with Crippen LogP contribution in [-0.4, -0.2) is 19.1 Å². The Balaban J connectivity index is 3.04. The lowest BCUT2D eigenvalue weighted by atomic mass is 10.2. The smallest absolute Gasteiger partial charge is 0.106 e. The summed E-state index contributed by atoms with van der Waals surface area (Å²) in [7, 11) is 3.58. The third kappa shape index (κ3) is 2.86. The van der Waals surface area contributed by atoms with E-state index in [-0.39, 0.29) is 0 Å². The Morgan fingerprint density at radius 3 is 2.36 bits per heavy atom. The van der Waals surface area contributed by atoms with Crippen LogP contribution < -0.4 is 0 Å². The van der Waals surface area contributed by atoms with Crippen molar-refractivity contribution in [3.8, 4) is 0 Å². The minimum absolute atomic E-state index is 0.506. The Morgan fingerprint density at radius 1 is 1.14 bits per heavy atom. The van der Waals surface area contributed by atoms with Crippen molar-refractivity contribution in [3.63, 3.8) is 0 Å². The van der Waals surface area contributed by atoms with Crippen molar-refractivity contribution in [2.75, 3.05) is 14.1 Å². The van der Waals surface area contributed by atoms with E-state index in [9.17, 15) is 0 Å². The summed E-state index contributed by atoms with van der Waals surface area (Å²) >= 11 is 11.8. The predicted octanol–water partition coefficient (Wildman–Crippen LogP) is 3.86. The van der Waals surface area contributed by atoms with Crippen LogP contribution in [0.3, 0.4) is 0 Å². The minimum Gasteiger partial charge on any atom is -0.285 e. The van der Waals surface area contributed by atoms with E-state index < -0.39 is 0 Å². The molecule has 0 saturated carbocycles. The lowest BCUT2D eigenvalue weighted by molar-refractivity contribution is 0.408. The Bertz CT molecular complexity index is 361. The third-order valence-corrected chi connectivity index (χ3v) is 2.27. The molecule has 0 radical (unpaired) electrons. The Labute approximate surface area is 93.3 Å². The number of halogens is 2. The fourth-order valence-electron chi connectivity index (χ4n) is 0.856. The first-order chi connectivity index (χ1) is 6.50. The molecule has 1 rings (SSSR count). The lowest BCUT2D eigenvalue weighted by Crippen LogP contribution is -1.98. The Morgan fingerprint density at radius 2 is 1.79 bits per heavy atom. The van der Waals surface area contributed by atoms with Crippen molar-refractivity contribution in [2.45, 2.75) is 6.92 Å². The molecule has 0 heterocycles. The lowest BCUT2D eigenvalue weighted by Gasteiger charge is -2.04. The first-order valence-corrected chi connectivity index (χ1v) is 4.81. The first kappa shape index (κ1) is 11.3. The molecule has 0 unspecified atom stereocenters. The maximum Gasteiger partial charge on any atom is 0.106 e. The van der Waals surface area contributed by atoms with Gasteiger partial charge in [0.2, 0.25) is 0 Å². The van der Waals surface area contributed by atoms with E-state index in [1.54, 1.807) is 31.2 Å². The molecule has 0 saturated heterocycles. The fraction of sp³-hybridized carbons (Fsp3) is 0.333. The van der Waals surface area contributed by atoms with E-state index in [4.69, 9.17) is 23.2 Å². The molecular formula is C9H11Cl2N3. The summed E-state index contributed by atoms with van der Waals surface area (Å²) in [4.78, 5) is 0. The van der Waals surface area contributed by atoms with E-state index in [0.29, 0.717) is 15.7 Å². The van der Waals surface area contributed by atoms with Crippen molar-refractivity contribution < 1.29 is 0 Å². The second-order valence-corrected chi connectivity index (χ2v) is 3.90. The average Bonchev–Trinajstić information content (AvgIpc) is 2.09. The molecule has 0 aromatic heterocycles. The normalized spacial score (nSPS) is 10.9. The van der Waals surface area contributed by atoms with Gasteiger partial charge in [0.25, 0.3) is 0 Å². The molecule has 0 N–H and O–H groups in total. The van der Waals surface area contributed by atoms with Gasteiger partial charge in [-0.15, -0.1) is 5.11 Å². The summed E-state index contributed by atoms with van der Waals surface area (Å²) < 4.78 is 0. The number of hydrogen-bond donors (Lipinski definition) is 0. The molecule has 76 valence electrons. The van der Waals surface area contributed by atoms with Crippen LogP contribution in [0.15, 0.2) is 22.5 Å². The van der Waals surface area contributed by atoms with Gasteiger partial charge in [-0.1, -0.05) is 28.4 Å². The van der Waals surface area contributed by atoms with Crippen LogP contribution in [0.25, 0.3) is 0 Å². The molecule has 0 amide bonds. The van der Waals surface area contributed by atoms with E-state index in [1.807, 2.05) is 6.92 Å². The van der Waals surface area contributed by atoms with Crippen molar-refractivity contribution >= 4 is 28.9 Å². The van der Waals surface area contributed by atoms with E-state index in [1.165, 1.54) is 0 Å². The van der Waals surface area contributed by atoms with Crippen LogP contribution in [0, 0.1) is 6.92 Å². The molecule has 1 aromatic rings. The van der Waals surface area contributed by atoms with Crippen LogP contribution in [0.5, 0.6) is 0 Å². The molecule has 0 spiro atoms. The van der Waals surface area contributed by atoms with E-state index in [2.05, 4.69) is 10.3 Å². The number of aryl methyl sites for hydroxylation is 1. The molecule has 3 nitrogen and oxygen atoms in total. The van der Waals surface area contributed by atoms with Crippen LogP contribution in [-0.2, 0) is 0 Å². The monoisotopic (exact) mass is 231 g/mol. The zero-order valence-corrected chi connectivity index (χ0v) is 9.76. The molecule has 14 heavy (non-hydrogen) atoms. The second-order valence-electron chi connectivity index (χ2n) is 3.09. The van der Waals surface area contributed by atoms with Crippen LogP contribution in [0.2, 0.25) is 10.0 Å². The van der Waals surface area contributed by atoms with Crippen molar-refractivity contribution in [1.29, 1.82) is 0 Å². The summed E-state index contributed by atoms with van der Waals surface area (Å²) in [6, 6.07) is 3.47. The number of nitrogens with zero attached hydrogens (tertiary/aromatic N) is 3. The van der Waals surface area contributed by atoms with Gasteiger partial charge >= 0.3 is 0 Å². The third-order valence-electron chi connectivity index (χ3n) is 1.56. The van der Waals surface area contributed by atoms with Crippen LogP contribution >= 0.6 is 23.2 Å². The zero-order chi connectivity index (χ0) is 10.7. The highest BCUT2D eigenvalue weighted by molar-refractivity contribution is 6.36. The Hall–Kier alpha value is -0.800. The maximum absolute atomic E-state index is 5.93. The molecule has 0 bridgehead atoms.